The Kier molecular flexibility index (Phi) is 4.12. The smallest absolute Gasteiger partial charge is 0.471 e. The number of rotatable bonds is 4. The van der Waals surface area contributed by atoms with E-state index in [1.807, 2.05) is 58.0 Å². The maximum absolute atomic E-state index is 6.05. The molecule has 3 heterocycles. The third-order valence-corrected chi connectivity index (χ3v) is 4.38. The molecule has 0 amide bonds. The third-order valence-electron chi connectivity index (χ3n) is 4.38. The van der Waals surface area contributed by atoms with Crippen molar-refractivity contribution in [2.45, 2.75) is 45.5 Å². The minimum Gasteiger partial charge on any atom is -0.471 e. The van der Waals surface area contributed by atoms with E-state index in [9.17, 15) is 0 Å². The first-order valence-corrected chi connectivity index (χ1v) is 7.72. The van der Waals surface area contributed by atoms with Gasteiger partial charge in [0.1, 0.15) is 6.61 Å². The second-order valence-corrected chi connectivity index (χ2v) is 6.63. The molecule has 0 aromatic carbocycles. The fourth-order valence-corrected chi connectivity index (χ4v) is 2.26. The van der Waals surface area contributed by atoms with Crippen molar-refractivity contribution < 1.29 is 14.0 Å². The normalized spacial score (nSPS) is 18.9. The van der Waals surface area contributed by atoms with E-state index in [4.69, 9.17) is 14.0 Å². The predicted octanol–water partition coefficient (Wildman–Crippen LogP) is 2.35. The molecule has 0 unspecified atom stereocenters. The Balaban J connectivity index is 1.71. The van der Waals surface area contributed by atoms with Gasteiger partial charge in [-0.3, -0.25) is 4.98 Å². The van der Waals surface area contributed by atoms with E-state index >= 15 is 0 Å². The molecule has 0 saturated carbocycles. The molecule has 2 aromatic heterocycles. The first-order chi connectivity index (χ1) is 10.9. The van der Waals surface area contributed by atoms with Gasteiger partial charge < -0.3 is 14.0 Å². The van der Waals surface area contributed by atoms with Gasteiger partial charge in [-0.25, -0.2) is 4.98 Å². The molecule has 0 N–H and O–H groups in total. The third kappa shape index (κ3) is 3.38. The SMILES string of the molecule is CC1(C)OB(c2ccnc(OCc3ccccn3)c2)OC1(C)C. The largest absolute Gasteiger partial charge is 0.495 e. The van der Waals surface area contributed by atoms with Gasteiger partial charge in [0.05, 0.1) is 16.9 Å². The van der Waals surface area contributed by atoms with E-state index < -0.39 is 7.12 Å². The molecule has 5 nitrogen and oxygen atoms in total. The van der Waals surface area contributed by atoms with Crippen LogP contribution in [-0.4, -0.2) is 28.3 Å². The Bertz CT molecular complexity index is 661. The molecular formula is C17H21BN2O3. The summed E-state index contributed by atoms with van der Waals surface area (Å²) in [4.78, 5) is 8.47. The molecule has 1 aliphatic heterocycles. The summed E-state index contributed by atoms with van der Waals surface area (Å²) in [5.41, 5.74) is 1.02. The summed E-state index contributed by atoms with van der Waals surface area (Å²) in [7, 11) is -0.416. The van der Waals surface area contributed by atoms with Crippen LogP contribution >= 0.6 is 0 Å². The zero-order chi connectivity index (χ0) is 16.5. The van der Waals surface area contributed by atoms with Crippen LogP contribution in [0.2, 0.25) is 0 Å². The fourth-order valence-electron chi connectivity index (χ4n) is 2.26. The second-order valence-electron chi connectivity index (χ2n) is 6.63. The highest BCUT2D eigenvalue weighted by molar-refractivity contribution is 6.62. The summed E-state index contributed by atoms with van der Waals surface area (Å²) in [5, 5.41) is 0. The lowest BCUT2D eigenvalue weighted by Crippen LogP contribution is -2.41. The van der Waals surface area contributed by atoms with Gasteiger partial charge in [0.2, 0.25) is 5.88 Å². The van der Waals surface area contributed by atoms with Crippen molar-refractivity contribution >= 4 is 12.6 Å². The maximum atomic E-state index is 6.05. The van der Waals surface area contributed by atoms with Crippen LogP contribution in [0.25, 0.3) is 0 Å². The second kappa shape index (κ2) is 5.94. The minimum atomic E-state index is -0.416. The summed E-state index contributed by atoms with van der Waals surface area (Å²) in [6.07, 6.45) is 3.45. The number of ether oxygens (including phenoxy) is 1. The van der Waals surface area contributed by atoms with Crippen LogP contribution in [0.15, 0.2) is 42.7 Å². The summed E-state index contributed by atoms with van der Waals surface area (Å²) in [6.45, 7) is 8.51. The molecule has 120 valence electrons. The molecule has 2 aromatic rings. The highest BCUT2D eigenvalue weighted by Crippen LogP contribution is 2.36. The van der Waals surface area contributed by atoms with Crippen molar-refractivity contribution in [1.29, 1.82) is 0 Å². The van der Waals surface area contributed by atoms with Crippen LogP contribution in [0.5, 0.6) is 5.88 Å². The van der Waals surface area contributed by atoms with Gasteiger partial charge in [-0.05, 0) is 51.4 Å². The maximum Gasteiger partial charge on any atom is 0.495 e. The van der Waals surface area contributed by atoms with E-state index in [-0.39, 0.29) is 11.2 Å². The van der Waals surface area contributed by atoms with Gasteiger partial charge in [-0.1, -0.05) is 6.07 Å². The van der Waals surface area contributed by atoms with E-state index in [0.717, 1.165) is 11.2 Å². The van der Waals surface area contributed by atoms with Gasteiger partial charge in [0.25, 0.3) is 0 Å². The average Bonchev–Trinajstić information content (AvgIpc) is 2.75. The molecule has 3 rings (SSSR count). The molecule has 0 spiro atoms. The van der Waals surface area contributed by atoms with Crippen LogP contribution in [0.1, 0.15) is 33.4 Å². The first-order valence-electron chi connectivity index (χ1n) is 7.72. The quantitative estimate of drug-likeness (QED) is 0.811. The molecule has 0 atom stereocenters. The summed E-state index contributed by atoms with van der Waals surface area (Å²) < 4.78 is 17.8. The van der Waals surface area contributed by atoms with Gasteiger partial charge in [-0.15, -0.1) is 0 Å². The van der Waals surface area contributed by atoms with E-state index in [2.05, 4.69) is 9.97 Å². The van der Waals surface area contributed by atoms with Crippen molar-refractivity contribution in [3.05, 3.63) is 48.4 Å². The lowest BCUT2D eigenvalue weighted by molar-refractivity contribution is 0.00578. The van der Waals surface area contributed by atoms with Gasteiger partial charge in [-0.2, -0.15) is 0 Å². The van der Waals surface area contributed by atoms with Crippen molar-refractivity contribution in [2.75, 3.05) is 0 Å². The molecular weight excluding hydrogens is 291 g/mol. The van der Waals surface area contributed by atoms with Crippen molar-refractivity contribution in [3.63, 3.8) is 0 Å². The van der Waals surface area contributed by atoms with Crippen molar-refractivity contribution in [3.8, 4) is 5.88 Å². The van der Waals surface area contributed by atoms with Crippen LogP contribution < -0.4 is 10.2 Å². The average molecular weight is 312 g/mol. The predicted molar refractivity (Wildman–Crippen MR) is 88.5 cm³/mol. The molecule has 23 heavy (non-hydrogen) atoms. The standard InChI is InChI=1S/C17H21BN2O3/c1-16(2)17(3,4)23-18(22-16)13-8-10-20-15(11-13)21-12-14-7-5-6-9-19-14/h5-11H,12H2,1-4H3. The number of pyridine rings is 2. The van der Waals surface area contributed by atoms with Gasteiger partial charge in [0, 0.05) is 18.5 Å². The monoisotopic (exact) mass is 312 g/mol. The van der Waals surface area contributed by atoms with Crippen LogP contribution in [-0.2, 0) is 15.9 Å². The lowest BCUT2D eigenvalue weighted by atomic mass is 9.80. The molecule has 1 aliphatic rings. The number of nitrogens with zero attached hydrogens (tertiary/aromatic N) is 2. The summed E-state index contributed by atoms with van der Waals surface area (Å²) in [5.74, 6) is 0.530. The van der Waals surface area contributed by atoms with Gasteiger partial charge in [0.15, 0.2) is 0 Å². The fraction of sp³-hybridized carbons (Fsp3) is 0.412. The number of aromatic nitrogens is 2. The van der Waals surface area contributed by atoms with E-state index in [0.29, 0.717) is 12.5 Å². The summed E-state index contributed by atoms with van der Waals surface area (Å²) in [6, 6.07) is 9.46. The highest BCUT2D eigenvalue weighted by Gasteiger charge is 2.51. The van der Waals surface area contributed by atoms with Crippen molar-refractivity contribution in [1.82, 2.24) is 9.97 Å². The zero-order valence-corrected chi connectivity index (χ0v) is 13.9. The first kappa shape index (κ1) is 16.0. The molecule has 6 heteroatoms. The van der Waals surface area contributed by atoms with Crippen LogP contribution in [0.4, 0.5) is 0 Å². The highest BCUT2D eigenvalue weighted by atomic mass is 16.7. The van der Waals surface area contributed by atoms with E-state index in [1.165, 1.54) is 0 Å². The Labute approximate surface area is 137 Å². The lowest BCUT2D eigenvalue weighted by Gasteiger charge is -2.32. The number of hydrogen-bond acceptors (Lipinski definition) is 5. The Morgan fingerprint density at radius 1 is 1.00 bits per heavy atom. The molecule has 1 saturated heterocycles. The van der Waals surface area contributed by atoms with E-state index in [1.54, 1.807) is 12.4 Å². The zero-order valence-electron chi connectivity index (χ0n) is 13.9. The number of hydrogen-bond donors (Lipinski definition) is 0. The van der Waals surface area contributed by atoms with Crippen LogP contribution in [0, 0.1) is 0 Å². The molecule has 0 radical (unpaired) electrons. The molecule has 0 aliphatic carbocycles. The topological polar surface area (TPSA) is 53.5 Å². The van der Waals surface area contributed by atoms with Crippen LogP contribution in [0.3, 0.4) is 0 Å². The van der Waals surface area contributed by atoms with Gasteiger partial charge >= 0.3 is 7.12 Å². The summed E-state index contributed by atoms with van der Waals surface area (Å²) >= 11 is 0. The Hall–Kier alpha value is -1.92. The molecule has 1 fully saturated rings. The van der Waals surface area contributed by atoms with Crippen molar-refractivity contribution in [2.24, 2.45) is 0 Å². The minimum absolute atomic E-state index is 0.365. The molecule has 0 bridgehead atoms. The Morgan fingerprint density at radius 3 is 2.39 bits per heavy atom. The Morgan fingerprint density at radius 2 is 1.74 bits per heavy atom.